The van der Waals surface area contributed by atoms with Crippen LogP contribution in [0.25, 0.3) is 22.4 Å². The average molecular weight is 629 g/mol. The lowest BCUT2D eigenvalue weighted by Gasteiger charge is -2.30. The van der Waals surface area contributed by atoms with E-state index in [0.717, 1.165) is 76.7 Å². The van der Waals surface area contributed by atoms with E-state index < -0.39 is 11.7 Å². The number of hydrogen-bond acceptors (Lipinski definition) is 6. The third-order valence-electron chi connectivity index (χ3n) is 7.62. The molecule has 1 aliphatic heterocycles. The first-order chi connectivity index (χ1) is 20.5. The maximum Gasteiger partial charge on any atom is 0.416 e. The molecule has 2 heterocycles. The molecule has 43 heavy (non-hydrogen) atoms. The van der Waals surface area contributed by atoms with Crippen molar-refractivity contribution in [3.63, 3.8) is 0 Å². The van der Waals surface area contributed by atoms with Gasteiger partial charge < -0.3 is 14.4 Å². The number of piperidine rings is 1. The Morgan fingerprint density at radius 2 is 1.81 bits per heavy atom. The molecule has 1 aromatic heterocycles. The first-order valence-corrected chi connectivity index (χ1v) is 15.4. The number of carbonyl (C=O) groups excluding carboxylic acids is 1. The third-order valence-corrected chi connectivity index (χ3v) is 8.84. The number of hydrogen-bond donors (Lipinski definition) is 0. The molecule has 10 heteroatoms. The van der Waals surface area contributed by atoms with Crippen LogP contribution in [-0.2, 0) is 22.3 Å². The number of esters is 1. The number of ether oxygens (including phenoxy) is 2. The van der Waals surface area contributed by atoms with Crippen molar-refractivity contribution in [1.82, 2.24) is 4.98 Å². The number of nitrogens with zero attached hydrogens (tertiary/aromatic N) is 2. The van der Waals surface area contributed by atoms with Crippen LogP contribution in [0.15, 0.2) is 60.0 Å². The van der Waals surface area contributed by atoms with E-state index in [0.29, 0.717) is 24.5 Å². The van der Waals surface area contributed by atoms with Gasteiger partial charge in [0.2, 0.25) is 0 Å². The number of rotatable bonds is 8. The highest BCUT2D eigenvalue weighted by Crippen LogP contribution is 2.38. The number of benzene rings is 3. The number of aromatic nitrogens is 1. The van der Waals surface area contributed by atoms with Crippen molar-refractivity contribution in [3.8, 4) is 28.1 Å². The lowest BCUT2D eigenvalue weighted by Crippen LogP contribution is -2.36. The fraction of sp³-hybridized carbons (Fsp3) is 0.333. The minimum atomic E-state index is -4.45. The summed E-state index contributed by atoms with van der Waals surface area (Å²) in [4.78, 5) is 19.3. The Morgan fingerprint density at radius 3 is 2.49 bits per heavy atom. The van der Waals surface area contributed by atoms with Crippen LogP contribution in [-0.4, -0.2) is 30.6 Å². The maximum atomic E-state index is 13.1. The Balaban J connectivity index is 1.29. The van der Waals surface area contributed by atoms with Crippen molar-refractivity contribution in [2.75, 3.05) is 24.6 Å². The van der Waals surface area contributed by atoms with Crippen molar-refractivity contribution in [1.29, 1.82) is 0 Å². The first kappa shape index (κ1) is 30.9. The summed E-state index contributed by atoms with van der Waals surface area (Å²) in [6, 6.07) is 15.1. The molecule has 3 aromatic carbocycles. The lowest BCUT2D eigenvalue weighted by atomic mass is 9.97. The van der Waals surface area contributed by atoms with Crippen molar-refractivity contribution in [3.05, 3.63) is 87.3 Å². The number of alkyl halides is 3. The molecule has 0 radical (unpaired) electrons. The van der Waals surface area contributed by atoms with Gasteiger partial charge in [0.05, 0.1) is 23.8 Å². The summed E-state index contributed by atoms with van der Waals surface area (Å²) in [5.74, 6) is 0.534. The van der Waals surface area contributed by atoms with Gasteiger partial charge in [0.15, 0.2) is 5.13 Å². The summed E-state index contributed by atoms with van der Waals surface area (Å²) >= 11 is 7.80. The fourth-order valence-corrected chi connectivity index (χ4v) is 6.35. The van der Waals surface area contributed by atoms with Gasteiger partial charge in [0, 0.05) is 34.6 Å². The summed E-state index contributed by atoms with van der Waals surface area (Å²) < 4.78 is 50.7. The number of carbonyl (C=O) groups is 1. The van der Waals surface area contributed by atoms with E-state index >= 15 is 0 Å². The van der Waals surface area contributed by atoms with E-state index in [9.17, 15) is 18.0 Å². The summed E-state index contributed by atoms with van der Waals surface area (Å²) in [6.07, 6.45) is -2.96. The zero-order valence-electron chi connectivity index (χ0n) is 24.1. The van der Waals surface area contributed by atoms with Crippen LogP contribution >= 0.6 is 22.9 Å². The van der Waals surface area contributed by atoms with E-state index in [1.165, 1.54) is 6.07 Å². The van der Waals surface area contributed by atoms with Crippen LogP contribution in [0, 0.1) is 19.8 Å². The molecular formula is C33H32ClF3N2O3S. The van der Waals surface area contributed by atoms with Crippen LogP contribution in [0.2, 0.25) is 5.02 Å². The van der Waals surface area contributed by atoms with Crippen molar-refractivity contribution in [2.24, 2.45) is 5.92 Å². The van der Waals surface area contributed by atoms with Crippen LogP contribution in [0.3, 0.4) is 0 Å². The highest BCUT2D eigenvalue weighted by Gasteiger charge is 2.31. The van der Waals surface area contributed by atoms with E-state index in [1.54, 1.807) is 11.3 Å². The Labute approximate surface area is 258 Å². The minimum Gasteiger partial charge on any atom is -0.488 e. The molecule has 0 N–H and O–H groups in total. The molecule has 1 saturated heterocycles. The smallest absolute Gasteiger partial charge is 0.416 e. The predicted octanol–water partition coefficient (Wildman–Crippen LogP) is 9.12. The van der Waals surface area contributed by atoms with Gasteiger partial charge in [-0.15, -0.1) is 11.3 Å². The standard InChI is InChI=1S/C33H32ClF3N2O3S/c1-4-41-31(40)22-11-13-39(14-12-22)32-38-29(19-43-32)27-15-20(2)5-10-30(27)42-18-24-7-6-23(16-21(24)3)26-9-8-25(17-28(26)34)33(35,36)37/h5-10,15-17,19,22H,4,11-14,18H2,1-3H3. The van der Waals surface area contributed by atoms with Gasteiger partial charge in [-0.25, -0.2) is 4.98 Å². The number of anilines is 1. The zero-order chi connectivity index (χ0) is 30.7. The highest BCUT2D eigenvalue weighted by atomic mass is 35.5. The second-order valence-electron chi connectivity index (χ2n) is 10.7. The number of aryl methyl sites for hydroxylation is 2. The topological polar surface area (TPSA) is 51.7 Å². The van der Waals surface area contributed by atoms with Crippen molar-refractivity contribution < 1.29 is 27.4 Å². The third kappa shape index (κ3) is 7.16. The molecule has 1 aliphatic rings. The normalized spacial score (nSPS) is 14.2. The molecule has 0 atom stereocenters. The Hall–Kier alpha value is -3.56. The average Bonchev–Trinajstić information content (AvgIpc) is 3.47. The molecule has 5 nitrogen and oxygen atoms in total. The number of halogens is 4. The number of thiazole rings is 1. The zero-order valence-corrected chi connectivity index (χ0v) is 25.7. The molecule has 0 amide bonds. The van der Waals surface area contributed by atoms with Gasteiger partial charge in [0.25, 0.3) is 0 Å². The Kier molecular flexibility index (Phi) is 9.32. The molecule has 0 unspecified atom stereocenters. The van der Waals surface area contributed by atoms with Gasteiger partial charge >= 0.3 is 12.1 Å². The molecule has 1 fully saturated rings. The summed E-state index contributed by atoms with van der Waals surface area (Å²) in [5, 5.41) is 2.99. The first-order valence-electron chi connectivity index (χ1n) is 14.1. The molecule has 0 bridgehead atoms. The van der Waals surface area contributed by atoms with Crippen molar-refractivity contribution in [2.45, 2.75) is 46.4 Å². The monoisotopic (exact) mass is 628 g/mol. The van der Waals surface area contributed by atoms with E-state index in [1.807, 2.05) is 56.5 Å². The predicted molar refractivity (Wildman–Crippen MR) is 165 cm³/mol. The highest BCUT2D eigenvalue weighted by molar-refractivity contribution is 7.14. The van der Waals surface area contributed by atoms with Crippen LogP contribution < -0.4 is 9.64 Å². The molecule has 226 valence electrons. The van der Waals surface area contributed by atoms with Crippen molar-refractivity contribution >= 4 is 34.0 Å². The largest absolute Gasteiger partial charge is 0.488 e. The summed E-state index contributed by atoms with van der Waals surface area (Å²) in [6.45, 7) is 8.00. The van der Waals surface area contributed by atoms with Gasteiger partial charge in [-0.3, -0.25) is 4.79 Å². The van der Waals surface area contributed by atoms with E-state index in [-0.39, 0.29) is 16.9 Å². The second kappa shape index (κ2) is 13.0. The van der Waals surface area contributed by atoms with Gasteiger partial charge in [-0.05, 0) is 74.6 Å². The SMILES string of the molecule is CCOC(=O)C1CCN(c2nc(-c3cc(C)ccc3OCc3ccc(-c4ccc(C(F)(F)F)cc4Cl)cc3C)cs2)CC1. The van der Waals surface area contributed by atoms with E-state index in [4.69, 9.17) is 26.1 Å². The van der Waals surface area contributed by atoms with Crippen LogP contribution in [0.4, 0.5) is 18.3 Å². The maximum absolute atomic E-state index is 13.1. The van der Waals surface area contributed by atoms with Gasteiger partial charge in [-0.1, -0.05) is 47.5 Å². The van der Waals surface area contributed by atoms with Gasteiger partial charge in [0.1, 0.15) is 12.4 Å². The van der Waals surface area contributed by atoms with Crippen LogP contribution in [0.5, 0.6) is 5.75 Å². The quantitative estimate of drug-likeness (QED) is 0.182. The lowest BCUT2D eigenvalue weighted by molar-refractivity contribution is -0.148. The fourth-order valence-electron chi connectivity index (χ4n) is 5.18. The molecule has 4 aromatic rings. The molecule has 0 aliphatic carbocycles. The molecule has 0 saturated carbocycles. The summed E-state index contributed by atoms with van der Waals surface area (Å²) in [5.41, 5.74) is 5.19. The van der Waals surface area contributed by atoms with E-state index in [2.05, 4.69) is 11.0 Å². The van der Waals surface area contributed by atoms with Gasteiger partial charge in [-0.2, -0.15) is 13.2 Å². The Morgan fingerprint density at radius 1 is 1.05 bits per heavy atom. The second-order valence-corrected chi connectivity index (χ2v) is 11.9. The molecule has 5 rings (SSSR count). The van der Waals surface area contributed by atoms with Crippen LogP contribution in [0.1, 0.15) is 42.0 Å². The minimum absolute atomic E-state index is 0.0496. The molecule has 0 spiro atoms. The molecular weight excluding hydrogens is 597 g/mol. The summed E-state index contributed by atoms with van der Waals surface area (Å²) in [7, 11) is 0. The Bertz CT molecular complexity index is 1610.